The SMILES string of the molecule is Cn1c(C(C)(C)C)cc(=NC(=O)c2cc(C(F)(F)F)ccc2OCC(C)(C)O)n1CC1CC1. The number of nitrogens with zero attached hydrogens (tertiary/aromatic N) is 3. The lowest BCUT2D eigenvalue weighted by Crippen LogP contribution is -2.28. The van der Waals surface area contributed by atoms with Crippen LogP contribution in [0.25, 0.3) is 0 Å². The number of aliphatic hydroxyl groups is 1. The third-order valence-corrected chi connectivity index (χ3v) is 5.47. The highest BCUT2D eigenvalue weighted by atomic mass is 19.4. The van der Waals surface area contributed by atoms with E-state index in [1.54, 1.807) is 0 Å². The van der Waals surface area contributed by atoms with Crippen LogP contribution in [-0.4, -0.2) is 32.6 Å². The Bertz CT molecular complexity index is 1100. The summed E-state index contributed by atoms with van der Waals surface area (Å²) in [6, 6.07) is 4.51. The van der Waals surface area contributed by atoms with Crippen molar-refractivity contribution < 1.29 is 27.8 Å². The molecule has 6 nitrogen and oxygen atoms in total. The van der Waals surface area contributed by atoms with Crippen LogP contribution in [0.2, 0.25) is 0 Å². The van der Waals surface area contributed by atoms with Crippen LogP contribution in [0.3, 0.4) is 0 Å². The summed E-state index contributed by atoms with van der Waals surface area (Å²) in [4.78, 5) is 17.4. The molecule has 1 aliphatic rings. The number of carbonyl (C=O) groups is 1. The van der Waals surface area contributed by atoms with E-state index in [4.69, 9.17) is 4.74 Å². The topological polar surface area (TPSA) is 68.8 Å². The standard InChI is InChI=1S/C24H32F3N3O3/c1-22(2,3)19-12-20(30(29(19)6)13-15-7-8-15)28-21(31)17-11-16(24(25,26)27)9-10-18(17)33-14-23(4,5)32/h9-12,15,32H,7-8,13-14H2,1-6H3. The van der Waals surface area contributed by atoms with E-state index >= 15 is 0 Å². The number of aromatic nitrogens is 2. The molecule has 1 aromatic carbocycles. The van der Waals surface area contributed by atoms with Gasteiger partial charge in [-0.05, 0) is 50.8 Å². The maximum Gasteiger partial charge on any atom is 0.416 e. The van der Waals surface area contributed by atoms with Crippen molar-refractivity contribution in [1.29, 1.82) is 0 Å². The first-order chi connectivity index (χ1) is 15.1. The molecule has 0 atom stereocenters. The minimum Gasteiger partial charge on any atom is -0.490 e. The van der Waals surface area contributed by atoms with Crippen molar-refractivity contribution in [3.63, 3.8) is 0 Å². The van der Waals surface area contributed by atoms with Gasteiger partial charge >= 0.3 is 6.18 Å². The second-order valence-corrected chi connectivity index (χ2v) is 10.4. The third-order valence-electron chi connectivity index (χ3n) is 5.47. The van der Waals surface area contributed by atoms with Gasteiger partial charge in [-0.15, -0.1) is 0 Å². The molecule has 0 bridgehead atoms. The Labute approximate surface area is 191 Å². The Hall–Kier alpha value is -2.55. The molecule has 1 amide bonds. The quantitative estimate of drug-likeness (QED) is 0.683. The molecule has 1 aromatic heterocycles. The molecular formula is C24H32F3N3O3. The minimum atomic E-state index is -4.62. The molecule has 1 saturated carbocycles. The number of hydrogen-bond acceptors (Lipinski definition) is 3. The molecule has 1 fully saturated rings. The molecule has 1 N–H and O–H groups in total. The second kappa shape index (κ2) is 8.66. The van der Waals surface area contributed by atoms with Gasteiger partial charge in [-0.3, -0.25) is 14.2 Å². The molecule has 0 aliphatic heterocycles. The third kappa shape index (κ3) is 6.28. The van der Waals surface area contributed by atoms with Gasteiger partial charge in [0, 0.05) is 30.8 Å². The van der Waals surface area contributed by atoms with E-state index in [-0.39, 0.29) is 23.3 Å². The van der Waals surface area contributed by atoms with Crippen molar-refractivity contribution in [2.75, 3.05) is 6.61 Å². The van der Waals surface area contributed by atoms with E-state index in [0.29, 0.717) is 18.0 Å². The zero-order valence-corrected chi connectivity index (χ0v) is 20.0. The number of carbonyl (C=O) groups excluding carboxylic acids is 1. The van der Waals surface area contributed by atoms with E-state index in [1.165, 1.54) is 13.8 Å². The highest BCUT2D eigenvalue weighted by molar-refractivity contribution is 5.97. The number of hydrogen-bond donors (Lipinski definition) is 1. The van der Waals surface area contributed by atoms with E-state index in [1.807, 2.05) is 43.2 Å². The zero-order valence-electron chi connectivity index (χ0n) is 20.0. The van der Waals surface area contributed by atoms with Gasteiger partial charge in [0.25, 0.3) is 5.91 Å². The Kier molecular flexibility index (Phi) is 6.59. The summed E-state index contributed by atoms with van der Waals surface area (Å²) in [5.41, 5.74) is -1.36. The van der Waals surface area contributed by atoms with Crippen LogP contribution in [-0.2, 0) is 25.2 Å². The lowest BCUT2D eigenvalue weighted by atomic mass is 9.92. The summed E-state index contributed by atoms with van der Waals surface area (Å²) in [5, 5.41) is 9.94. The number of amides is 1. The largest absolute Gasteiger partial charge is 0.490 e. The van der Waals surface area contributed by atoms with Crippen LogP contribution in [0, 0.1) is 5.92 Å². The number of benzene rings is 1. The summed E-state index contributed by atoms with van der Waals surface area (Å²) in [7, 11) is 1.90. The fourth-order valence-electron chi connectivity index (χ4n) is 3.54. The second-order valence-electron chi connectivity index (χ2n) is 10.4. The van der Waals surface area contributed by atoms with Crippen molar-refractivity contribution in [1.82, 2.24) is 9.36 Å². The first kappa shape index (κ1) is 25.1. The molecule has 3 rings (SSSR count). The predicted molar refractivity (Wildman–Crippen MR) is 118 cm³/mol. The minimum absolute atomic E-state index is 0.0559. The van der Waals surface area contributed by atoms with Crippen molar-refractivity contribution in [3.05, 3.63) is 46.6 Å². The number of halogens is 3. The van der Waals surface area contributed by atoms with E-state index in [9.17, 15) is 23.1 Å². The van der Waals surface area contributed by atoms with Crippen molar-refractivity contribution >= 4 is 5.91 Å². The summed E-state index contributed by atoms with van der Waals surface area (Å²) >= 11 is 0. The molecule has 1 heterocycles. The van der Waals surface area contributed by atoms with E-state index < -0.39 is 23.2 Å². The first-order valence-corrected chi connectivity index (χ1v) is 11.0. The molecule has 1 aliphatic carbocycles. The summed E-state index contributed by atoms with van der Waals surface area (Å²) < 4.78 is 49.4. The number of rotatable bonds is 6. The fourth-order valence-corrected chi connectivity index (χ4v) is 3.54. The van der Waals surface area contributed by atoms with Gasteiger partial charge in [0.15, 0.2) is 5.49 Å². The molecule has 2 aromatic rings. The molecule has 182 valence electrons. The lowest BCUT2D eigenvalue weighted by Gasteiger charge is -2.20. The van der Waals surface area contributed by atoms with Crippen LogP contribution in [0.4, 0.5) is 13.2 Å². The van der Waals surface area contributed by atoms with Crippen molar-refractivity contribution in [2.24, 2.45) is 18.0 Å². The fraction of sp³-hybridized carbons (Fsp3) is 0.583. The lowest BCUT2D eigenvalue weighted by molar-refractivity contribution is -0.137. The van der Waals surface area contributed by atoms with Gasteiger partial charge in [0.1, 0.15) is 12.4 Å². The van der Waals surface area contributed by atoms with Gasteiger partial charge in [0.2, 0.25) is 0 Å². The Morgan fingerprint density at radius 2 is 1.79 bits per heavy atom. The van der Waals surface area contributed by atoms with Crippen LogP contribution >= 0.6 is 0 Å². The van der Waals surface area contributed by atoms with Crippen LogP contribution in [0.15, 0.2) is 29.3 Å². The van der Waals surface area contributed by atoms with Crippen molar-refractivity contribution in [3.8, 4) is 5.75 Å². The van der Waals surface area contributed by atoms with Crippen LogP contribution in [0.5, 0.6) is 5.75 Å². The average molecular weight is 468 g/mol. The Morgan fingerprint density at radius 3 is 2.30 bits per heavy atom. The molecule has 0 unspecified atom stereocenters. The maximum atomic E-state index is 13.3. The summed E-state index contributed by atoms with van der Waals surface area (Å²) in [6.07, 6.45) is -2.43. The predicted octanol–water partition coefficient (Wildman–Crippen LogP) is 4.44. The van der Waals surface area contributed by atoms with Crippen LogP contribution < -0.4 is 10.2 Å². The van der Waals surface area contributed by atoms with E-state index in [2.05, 4.69) is 4.99 Å². The zero-order chi connectivity index (χ0) is 24.8. The molecule has 0 spiro atoms. The molecular weight excluding hydrogens is 435 g/mol. The average Bonchev–Trinajstić information content (AvgIpc) is 3.43. The molecule has 9 heteroatoms. The van der Waals surface area contributed by atoms with E-state index in [0.717, 1.165) is 36.7 Å². The molecule has 33 heavy (non-hydrogen) atoms. The molecule has 0 saturated heterocycles. The molecule has 0 radical (unpaired) electrons. The van der Waals surface area contributed by atoms with Gasteiger partial charge in [0.05, 0.1) is 16.7 Å². The van der Waals surface area contributed by atoms with Crippen molar-refractivity contribution in [2.45, 2.75) is 71.2 Å². The van der Waals surface area contributed by atoms with Gasteiger partial charge < -0.3 is 9.84 Å². The Morgan fingerprint density at radius 1 is 1.15 bits per heavy atom. The number of alkyl halides is 3. The highest BCUT2D eigenvalue weighted by Gasteiger charge is 2.32. The van der Waals surface area contributed by atoms with Crippen LogP contribution in [0.1, 0.15) is 69.1 Å². The van der Waals surface area contributed by atoms with Gasteiger partial charge in [-0.2, -0.15) is 18.2 Å². The van der Waals surface area contributed by atoms with Gasteiger partial charge in [-0.1, -0.05) is 20.8 Å². The number of ether oxygens (including phenoxy) is 1. The summed E-state index contributed by atoms with van der Waals surface area (Å²) in [6.45, 7) is 9.63. The monoisotopic (exact) mass is 467 g/mol. The van der Waals surface area contributed by atoms with Gasteiger partial charge in [-0.25, -0.2) is 0 Å². The maximum absolute atomic E-state index is 13.3. The smallest absolute Gasteiger partial charge is 0.416 e. The summed E-state index contributed by atoms with van der Waals surface area (Å²) in [5.74, 6) is -0.387. The normalized spacial score (nSPS) is 15.8. The Balaban J connectivity index is 2.10. The first-order valence-electron chi connectivity index (χ1n) is 11.0. The highest BCUT2D eigenvalue weighted by Crippen LogP contribution is 2.33.